The van der Waals surface area contributed by atoms with Crippen molar-refractivity contribution in [1.82, 2.24) is 4.90 Å². The van der Waals surface area contributed by atoms with Crippen molar-refractivity contribution in [2.45, 2.75) is 64.3 Å². The average molecular weight is 332 g/mol. The summed E-state index contributed by atoms with van der Waals surface area (Å²) < 4.78 is 0. The maximum absolute atomic E-state index is 13.4. The molecule has 2 aliphatic carbocycles. The minimum Gasteiger partial charge on any atom is -0.338 e. The van der Waals surface area contributed by atoms with E-state index in [9.17, 15) is 4.79 Å². The van der Waals surface area contributed by atoms with Crippen LogP contribution in [0.15, 0.2) is 24.3 Å². The topological polar surface area (TPSA) is 20.3 Å². The van der Waals surface area contributed by atoms with Gasteiger partial charge in [0.05, 0.1) is 5.41 Å². The van der Waals surface area contributed by atoms with Gasteiger partial charge >= 0.3 is 0 Å². The van der Waals surface area contributed by atoms with Crippen LogP contribution in [0.3, 0.4) is 0 Å². The third kappa shape index (κ3) is 2.50. The van der Waals surface area contributed by atoms with Crippen molar-refractivity contribution >= 4 is 17.5 Å². The van der Waals surface area contributed by atoms with Crippen LogP contribution in [0.1, 0.15) is 58.4 Å². The lowest BCUT2D eigenvalue weighted by Crippen LogP contribution is -2.43. The predicted molar refractivity (Wildman–Crippen MR) is 93.6 cm³/mol. The first kappa shape index (κ1) is 15.5. The Balaban J connectivity index is 1.63. The second kappa shape index (κ2) is 4.75. The van der Waals surface area contributed by atoms with Gasteiger partial charge in [-0.1, -0.05) is 44.5 Å². The van der Waals surface area contributed by atoms with Crippen molar-refractivity contribution in [2.75, 3.05) is 6.54 Å². The molecule has 2 saturated carbocycles. The molecule has 3 fully saturated rings. The van der Waals surface area contributed by atoms with Crippen LogP contribution < -0.4 is 0 Å². The van der Waals surface area contributed by atoms with E-state index >= 15 is 0 Å². The molecule has 3 aliphatic rings. The monoisotopic (exact) mass is 331 g/mol. The van der Waals surface area contributed by atoms with Gasteiger partial charge in [0.1, 0.15) is 0 Å². The Bertz CT molecular complexity index is 663. The van der Waals surface area contributed by atoms with E-state index < -0.39 is 0 Å². The number of fused-ring (bicyclic) bond motifs is 2. The Morgan fingerprint density at radius 1 is 1.22 bits per heavy atom. The van der Waals surface area contributed by atoms with Crippen LogP contribution in [0.25, 0.3) is 0 Å². The van der Waals surface area contributed by atoms with Crippen molar-refractivity contribution < 1.29 is 4.79 Å². The molecular weight excluding hydrogens is 306 g/mol. The molecule has 1 aliphatic heterocycles. The highest BCUT2D eigenvalue weighted by Crippen LogP contribution is 2.56. The molecule has 0 aromatic heterocycles. The standard InChI is InChI=1S/C20H26ClNO/c1-18(2)10-16-11-19(3,12-18)13-22(16)17(23)20(7-8-20)14-5-4-6-15(21)9-14/h4-6,9,16H,7-8,10-13H2,1-3H3. The Labute approximate surface area is 144 Å². The molecular formula is C20H26ClNO. The van der Waals surface area contributed by atoms with Crippen LogP contribution in [0.4, 0.5) is 0 Å². The zero-order chi connectivity index (χ0) is 16.5. The number of halogens is 1. The van der Waals surface area contributed by atoms with Crippen LogP contribution in [-0.4, -0.2) is 23.4 Å². The predicted octanol–water partition coefficient (Wildman–Crippen LogP) is 4.80. The van der Waals surface area contributed by atoms with Gasteiger partial charge in [-0.15, -0.1) is 0 Å². The van der Waals surface area contributed by atoms with Crippen LogP contribution >= 0.6 is 11.6 Å². The maximum Gasteiger partial charge on any atom is 0.233 e. The molecule has 2 nitrogen and oxygen atoms in total. The van der Waals surface area contributed by atoms with E-state index in [1.807, 2.05) is 18.2 Å². The number of carbonyl (C=O) groups excluding carboxylic acids is 1. The minimum absolute atomic E-state index is 0.289. The quantitative estimate of drug-likeness (QED) is 0.762. The summed E-state index contributed by atoms with van der Waals surface area (Å²) in [5, 5.41) is 0.731. The van der Waals surface area contributed by atoms with Crippen molar-refractivity contribution in [1.29, 1.82) is 0 Å². The van der Waals surface area contributed by atoms with E-state index in [2.05, 4.69) is 31.7 Å². The molecule has 124 valence electrons. The first-order chi connectivity index (χ1) is 10.7. The van der Waals surface area contributed by atoms with Gasteiger partial charge < -0.3 is 4.90 Å². The van der Waals surface area contributed by atoms with Crippen LogP contribution in [0.5, 0.6) is 0 Å². The van der Waals surface area contributed by atoms with Gasteiger partial charge in [0, 0.05) is 17.6 Å². The van der Waals surface area contributed by atoms with Gasteiger partial charge in [-0.3, -0.25) is 4.79 Å². The molecule has 3 heteroatoms. The van der Waals surface area contributed by atoms with Crippen LogP contribution in [-0.2, 0) is 10.2 Å². The molecule has 1 aromatic carbocycles. The first-order valence-electron chi connectivity index (χ1n) is 8.80. The summed E-state index contributed by atoms with van der Waals surface area (Å²) in [6.07, 6.45) is 5.48. The largest absolute Gasteiger partial charge is 0.338 e. The number of likely N-dealkylation sites (tertiary alicyclic amines) is 1. The van der Waals surface area contributed by atoms with Crippen molar-refractivity contribution in [3.8, 4) is 0 Å². The molecule has 1 saturated heterocycles. The number of carbonyl (C=O) groups is 1. The van der Waals surface area contributed by atoms with E-state index in [4.69, 9.17) is 11.6 Å². The third-order valence-corrected chi connectivity index (χ3v) is 6.45. The zero-order valence-corrected chi connectivity index (χ0v) is 15.1. The lowest BCUT2D eigenvalue weighted by atomic mass is 9.65. The number of amides is 1. The minimum atomic E-state index is -0.289. The molecule has 23 heavy (non-hydrogen) atoms. The highest BCUT2D eigenvalue weighted by atomic mass is 35.5. The molecule has 1 aromatic rings. The SMILES string of the molecule is CC1(C)CC2CC(C)(CN2C(=O)C2(c3cccc(Cl)c3)CC2)C1. The molecule has 1 heterocycles. The summed E-state index contributed by atoms with van der Waals surface area (Å²) in [6.45, 7) is 8.01. The Morgan fingerprint density at radius 3 is 2.61 bits per heavy atom. The number of rotatable bonds is 2. The summed E-state index contributed by atoms with van der Waals surface area (Å²) in [4.78, 5) is 15.6. The normalized spacial score (nSPS) is 33.6. The lowest BCUT2D eigenvalue weighted by Gasteiger charge is -2.39. The second-order valence-electron chi connectivity index (χ2n) is 9.24. The fraction of sp³-hybridized carbons (Fsp3) is 0.650. The summed E-state index contributed by atoms with van der Waals surface area (Å²) in [5.74, 6) is 0.353. The van der Waals surface area contributed by atoms with Gasteiger partial charge in [-0.05, 0) is 60.6 Å². The molecule has 4 rings (SSSR count). The van der Waals surface area contributed by atoms with Gasteiger partial charge in [0.15, 0.2) is 0 Å². The fourth-order valence-corrected chi connectivity index (χ4v) is 5.70. The Kier molecular flexibility index (Phi) is 3.20. The van der Waals surface area contributed by atoms with E-state index in [0.29, 0.717) is 22.8 Å². The van der Waals surface area contributed by atoms with Gasteiger partial charge in [0.25, 0.3) is 0 Å². The molecule has 0 N–H and O–H groups in total. The second-order valence-corrected chi connectivity index (χ2v) is 9.68. The highest BCUT2D eigenvalue weighted by Gasteiger charge is 2.58. The number of hydrogen-bond acceptors (Lipinski definition) is 1. The fourth-order valence-electron chi connectivity index (χ4n) is 5.51. The van der Waals surface area contributed by atoms with Crippen molar-refractivity contribution in [3.63, 3.8) is 0 Å². The number of hydrogen-bond donors (Lipinski definition) is 0. The molecule has 0 spiro atoms. The Morgan fingerprint density at radius 2 is 1.96 bits per heavy atom. The molecule has 2 bridgehead atoms. The van der Waals surface area contributed by atoms with Crippen molar-refractivity contribution in [2.24, 2.45) is 10.8 Å². The summed E-state index contributed by atoms with van der Waals surface area (Å²) in [6, 6.07) is 8.34. The lowest BCUT2D eigenvalue weighted by molar-refractivity contribution is -0.135. The Hall–Kier alpha value is -1.02. The van der Waals surface area contributed by atoms with Crippen molar-refractivity contribution in [3.05, 3.63) is 34.9 Å². The summed E-state index contributed by atoms with van der Waals surface area (Å²) in [7, 11) is 0. The number of nitrogens with zero attached hydrogens (tertiary/aromatic N) is 1. The number of benzene rings is 1. The van der Waals surface area contributed by atoms with Gasteiger partial charge in [0.2, 0.25) is 5.91 Å². The zero-order valence-electron chi connectivity index (χ0n) is 14.4. The van der Waals surface area contributed by atoms with Crippen LogP contribution in [0, 0.1) is 10.8 Å². The van der Waals surface area contributed by atoms with E-state index in [0.717, 1.165) is 36.4 Å². The maximum atomic E-state index is 13.4. The average Bonchev–Trinajstić information content (AvgIpc) is 3.19. The molecule has 0 radical (unpaired) electrons. The first-order valence-corrected chi connectivity index (χ1v) is 9.18. The molecule has 1 amide bonds. The van der Waals surface area contributed by atoms with E-state index in [-0.39, 0.29) is 5.41 Å². The summed E-state index contributed by atoms with van der Waals surface area (Å²) >= 11 is 6.17. The van der Waals surface area contributed by atoms with Gasteiger partial charge in [-0.2, -0.15) is 0 Å². The third-order valence-electron chi connectivity index (χ3n) is 6.21. The van der Waals surface area contributed by atoms with Gasteiger partial charge in [-0.25, -0.2) is 0 Å². The van der Waals surface area contributed by atoms with E-state index in [1.54, 1.807) is 0 Å². The molecule has 2 atom stereocenters. The van der Waals surface area contributed by atoms with E-state index in [1.165, 1.54) is 12.8 Å². The van der Waals surface area contributed by atoms with Crippen LogP contribution in [0.2, 0.25) is 5.02 Å². The molecule has 2 unspecified atom stereocenters. The highest BCUT2D eigenvalue weighted by molar-refractivity contribution is 6.30. The smallest absolute Gasteiger partial charge is 0.233 e. The summed E-state index contributed by atoms with van der Waals surface area (Å²) in [5.41, 5.74) is 1.47.